The highest BCUT2D eigenvalue weighted by Gasteiger charge is 2.44. The maximum atomic E-state index is 12.3. The van der Waals surface area contributed by atoms with E-state index in [9.17, 15) is 25.5 Å². The van der Waals surface area contributed by atoms with Crippen LogP contribution in [0.4, 0.5) is 0 Å². The van der Waals surface area contributed by atoms with Crippen LogP contribution in [-0.4, -0.2) is 106 Å². The quantitative estimate of drug-likeness (QED) is 0.0910. The number of hydrogen-bond acceptors (Lipinski definition) is 9. The summed E-state index contributed by atoms with van der Waals surface area (Å²) in [5, 5.41) is 70.0. The first-order chi connectivity index (χ1) is 15.9. The van der Waals surface area contributed by atoms with Crippen molar-refractivity contribution in [3.8, 4) is 0 Å². The van der Waals surface area contributed by atoms with Gasteiger partial charge in [-0.1, -0.05) is 13.8 Å². The Morgan fingerprint density at radius 3 is 1.88 bits per heavy atom. The number of nitrogens with one attached hydrogen (secondary N) is 3. The molecule has 6 atom stereocenters. The molecule has 200 valence electrons. The molecule has 0 bridgehead atoms. The van der Waals surface area contributed by atoms with Crippen LogP contribution in [0.2, 0.25) is 0 Å². The van der Waals surface area contributed by atoms with Crippen LogP contribution in [0.15, 0.2) is 0 Å². The first-order valence-corrected chi connectivity index (χ1v) is 12.9. The largest absolute Gasteiger partial charge is 0.396 e. The molecule has 0 aromatic carbocycles. The van der Waals surface area contributed by atoms with Crippen LogP contribution in [0, 0.1) is 0 Å². The number of rotatable bonds is 23. The average molecular weight is 480 g/mol. The SMILES string of the molecule is CCC(CO)NC(CC)C(O)(CC(CCO)NC(C)CCO)C(CCCO)NCCCCO. The Morgan fingerprint density at radius 1 is 0.697 bits per heavy atom. The van der Waals surface area contributed by atoms with Crippen molar-refractivity contribution in [2.45, 2.75) is 114 Å². The molecule has 0 aromatic heterocycles. The van der Waals surface area contributed by atoms with Crippen LogP contribution in [0.25, 0.3) is 0 Å². The Kier molecular flexibility index (Phi) is 19.7. The van der Waals surface area contributed by atoms with Crippen molar-refractivity contribution in [1.82, 2.24) is 16.0 Å². The summed E-state index contributed by atoms with van der Waals surface area (Å²) in [5.41, 5.74) is -1.22. The van der Waals surface area contributed by atoms with E-state index in [4.69, 9.17) is 5.11 Å². The summed E-state index contributed by atoms with van der Waals surface area (Å²) >= 11 is 0. The zero-order valence-corrected chi connectivity index (χ0v) is 21.2. The molecule has 33 heavy (non-hydrogen) atoms. The van der Waals surface area contributed by atoms with Gasteiger partial charge in [0.05, 0.1) is 12.2 Å². The molecule has 9 N–H and O–H groups in total. The van der Waals surface area contributed by atoms with Gasteiger partial charge in [-0.15, -0.1) is 0 Å². The van der Waals surface area contributed by atoms with Crippen molar-refractivity contribution in [2.75, 3.05) is 39.6 Å². The molecule has 9 heteroatoms. The lowest BCUT2D eigenvalue weighted by Crippen LogP contribution is -2.65. The lowest BCUT2D eigenvalue weighted by molar-refractivity contribution is -0.0580. The number of aliphatic hydroxyl groups excluding tert-OH is 5. The van der Waals surface area contributed by atoms with Crippen molar-refractivity contribution in [3.05, 3.63) is 0 Å². The number of hydrogen-bond donors (Lipinski definition) is 9. The molecule has 0 fully saturated rings. The monoisotopic (exact) mass is 479 g/mol. The fourth-order valence-corrected chi connectivity index (χ4v) is 4.54. The van der Waals surface area contributed by atoms with E-state index in [1.807, 2.05) is 20.8 Å². The minimum absolute atomic E-state index is 0.0230. The third-order valence-corrected chi connectivity index (χ3v) is 6.52. The lowest BCUT2D eigenvalue weighted by atomic mass is 9.76. The summed E-state index contributed by atoms with van der Waals surface area (Å²) in [4.78, 5) is 0. The molecule has 0 aromatic rings. The highest BCUT2D eigenvalue weighted by atomic mass is 16.3. The molecule has 6 unspecified atom stereocenters. The van der Waals surface area contributed by atoms with E-state index in [0.717, 1.165) is 12.8 Å². The van der Waals surface area contributed by atoms with E-state index in [-0.39, 0.29) is 63.2 Å². The van der Waals surface area contributed by atoms with Gasteiger partial charge in [0.1, 0.15) is 0 Å². The van der Waals surface area contributed by atoms with Crippen LogP contribution in [-0.2, 0) is 0 Å². The molecule has 0 saturated carbocycles. The average Bonchev–Trinajstić information content (AvgIpc) is 2.79. The normalized spacial score (nSPS) is 18.5. The summed E-state index contributed by atoms with van der Waals surface area (Å²) in [6, 6.07) is -0.944. The van der Waals surface area contributed by atoms with Crippen LogP contribution < -0.4 is 16.0 Å². The highest BCUT2D eigenvalue weighted by molar-refractivity contribution is 5.03. The third kappa shape index (κ3) is 12.8. The molecule has 0 aliphatic rings. The van der Waals surface area contributed by atoms with Gasteiger partial charge in [0.15, 0.2) is 0 Å². The number of aliphatic hydroxyl groups is 6. The summed E-state index contributed by atoms with van der Waals surface area (Å²) < 4.78 is 0. The summed E-state index contributed by atoms with van der Waals surface area (Å²) in [6.45, 7) is 6.75. The molecule has 0 aliphatic heterocycles. The van der Waals surface area contributed by atoms with Crippen LogP contribution in [0.3, 0.4) is 0 Å². The molecule has 9 nitrogen and oxygen atoms in total. The molecular formula is C24H53N3O6. The Labute approximate surface area is 201 Å². The van der Waals surface area contributed by atoms with E-state index >= 15 is 0 Å². The standard InChI is InChI=1S/C24H53N3O6/c1-4-20(18-32)27-22(5-2)24(33,17-21(11-16-31)26-19(3)10-15-30)23(9-8-14-29)25-12-6-7-13-28/h19-23,25-33H,4-18H2,1-3H3. The van der Waals surface area contributed by atoms with Crippen molar-refractivity contribution < 1.29 is 30.6 Å². The van der Waals surface area contributed by atoms with Gasteiger partial charge in [-0.05, 0) is 71.3 Å². The Bertz CT molecular complexity index is 444. The molecular weight excluding hydrogens is 426 g/mol. The van der Waals surface area contributed by atoms with Crippen molar-refractivity contribution in [1.29, 1.82) is 0 Å². The zero-order valence-electron chi connectivity index (χ0n) is 21.2. The predicted octanol–water partition coefficient (Wildman–Crippen LogP) is -0.139. The first-order valence-electron chi connectivity index (χ1n) is 12.9. The maximum Gasteiger partial charge on any atom is 0.0966 e. The number of unbranched alkanes of at least 4 members (excludes halogenated alkanes) is 1. The van der Waals surface area contributed by atoms with E-state index < -0.39 is 5.60 Å². The fraction of sp³-hybridized carbons (Fsp3) is 1.00. The van der Waals surface area contributed by atoms with Crippen molar-refractivity contribution in [3.63, 3.8) is 0 Å². The van der Waals surface area contributed by atoms with Gasteiger partial charge in [0.25, 0.3) is 0 Å². The van der Waals surface area contributed by atoms with Gasteiger partial charge in [0.2, 0.25) is 0 Å². The van der Waals surface area contributed by atoms with Gasteiger partial charge in [-0.3, -0.25) is 0 Å². The molecule has 0 amide bonds. The summed E-state index contributed by atoms with van der Waals surface area (Å²) in [7, 11) is 0. The molecule has 0 rings (SSSR count). The Morgan fingerprint density at radius 2 is 1.36 bits per heavy atom. The van der Waals surface area contributed by atoms with Gasteiger partial charge in [-0.2, -0.15) is 0 Å². The molecule has 0 radical (unpaired) electrons. The van der Waals surface area contributed by atoms with Crippen LogP contribution in [0.1, 0.15) is 78.6 Å². The second-order valence-corrected chi connectivity index (χ2v) is 9.20. The van der Waals surface area contributed by atoms with Crippen molar-refractivity contribution >= 4 is 0 Å². The Hall–Kier alpha value is -0.360. The smallest absolute Gasteiger partial charge is 0.0966 e. The second kappa shape index (κ2) is 19.9. The van der Waals surface area contributed by atoms with E-state index in [1.165, 1.54) is 0 Å². The molecule has 0 heterocycles. The molecule has 0 saturated heterocycles. The van der Waals surface area contributed by atoms with Gasteiger partial charge >= 0.3 is 0 Å². The van der Waals surface area contributed by atoms with E-state index in [2.05, 4.69) is 16.0 Å². The fourth-order valence-electron chi connectivity index (χ4n) is 4.54. The van der Waals surface area contributed by atoms with E-state index in [1.54, 1.807) is 0 Å². The highest BCUT2D eigenvalue weighted by Crippen LogP contribution is 2.29. The predicted molar refractivity (Wildman–Crippen MR) is 132 cm³/mol. The van der Waals surface area contributed by atoms with Gasteiger partial charge in [0, 0.05) is 56.6 Å². The molecule has 0 spiro atoms. The van der Waals surface area contributed by atoms with Crippen LogP contribution in [0.5, 0.6) is 0 Å². The van der Waals surface area contributed by atoms with Crippen LogP contribution >= 0.6 is 0 Å². The van der Waals surface area contributed by atoms with Crippen molar-refractivity contribution in [2.24, 2.45) is 0 Å². The summed E-state index contributed by atoms with van der Waals surface area (Å²) in [6.07, 6.45) is 5.30. The third-order valence-electron chi connectivity index (χ3n) is 6.52. The Balaban J connectivity index is 5.97. The summed E-state index contributed by atoms with van der Waals surface area (Å²) in [5.74, 6) is 0. The second-order valence-electron chi connectivity index (χ2n) is 9.20. The minimum Gasteiger partial charge on any atom is -0.396 e. The van der Waals surface area contributed by atoms with E-state index in [0.29, 0.717) is 51.5 Å². The minimum atomic E-state index is -1.22. The first kappa shape index (κ1) is 32.6. The van der Waals surface area contributed by atoms with Gasteiger partial charge < -0.3 is 46.6 Å². The lowest BCUT2D eigenvalue weighted by Gasteiger charge is -2.46. The zero-order chi connectivity index (χ0) is 25.1. The van der Waals surface area contributed by atoms with Gasteiger partial charge in [-0.25, -0.2) is 0 Å². The maximum absolute atomic E-state index is 12.3. The molecule has 0 aliphatic carbocycles. The topological polar surface area (TPSA) is 157 Å².